The van der Waals surface area contributed by atoms with E-state index < -0.39 is 0 Å². The van der Waals surface area contributed by atoms with Crippen molar-refractivity contribution in [2.75, 3.05) is 11.9 Å². The van der Waals surface area contributed by atoms with Gasteiger partial charge in [-0.15, -0.1) is 0 Å². The minimum Gasteiger partial charge on any atom is -0.492 e. The van der Waals surface area contributed by atoms with E-state index in [0.29, 0.717) is 18.0 Å². The van der Waals surface area contributed by atoms with Crippen LogP contribution in [0.5, 0.6) is 5.75 Å². The van der Waals surface area contributed by atoms with Gasteiger partial charge in [-0.05, 0) is 26.0 Å². The van der Waals surface area contributed by atoms with Crippen LogP contribution in [0.25, 0.3) is 0 Å². The molecule has 0 aliphatic carbocycles. The Morgan fingerprint density at radius 3 is 2.11 bits per heavy atom. The molecular formula is C24H27N2O2+. The average molecular weight is 375 g/mol. The molecule has 4 nitrogen and oxygen atoms in total. The molecule has 0 aliphatic heterocycles. The van der Waals surface area contributed by atoms with Crippen molar-refractivity contribution in [1.29, 1.82) is 0 Å². The average Bonchev–Trinajstić information content (AvgIpc) is 2.74. The fourth-order valence-electron chi connectivity index (χ4n) is 3.23. The summed E-state index contributed by atoms with van der Waals surface area (Å²) in [5.41, 5.74) is 2.85. The largest absolute Gasteiger partial charge is 0.492 e. The third kappa shape index (κ3) is 4.99. The summed E-state index contributed by atoms with van der Waals surface area (Å²) < 4.78 is 5.65. The number of quaternary nitrogens is 1. The molecule has 2 atom stereocenters. The van der Waals surface area contributed by atoms with Crippen molar-refractivity contribution in [2.45, 2.75) is 25.9 Å². The van der Waals surface area contributed by atoms with E-state index in [0.717, 1.165) is 5.56 Å². The fourth-order valence-corrected chi connectivity index (χ4v) is 3.23. The SMILES string of the molecule is CCOc1ccccc1NC(=O)[C@@H]([NH2+][C@@H](C)c1ccccc1)c1ccccc1. The van der Waals surface area contributed by atoms with Crippen LogP contribution in [0.3, 0.4) is 0 Å². The molecule has 0 fully saturated rings. The van der Waals surface area contributed by atoms with Gasteiger partial charge in [-0.25, -0.2) is 0 Å². The van der Waals surface area contributed by atoms with Gasteiger partial charge in [0.1, 0.15) is 11.8 Å². The highest BCUT2D eigenvalue weighted by molar-refractivity contribution is 5.95. The Hall–Kier alpha value is -3.11. The standard InChI is InChI=1S/C24H26N2O2/c1-3-28-22-17-11-10-16-21(22)26-24(27)23(20-14-8-5-9-15-20)25-18(2)19-12-6-4-7-13-19/h4-18,23,25H,3H2,1-2H3,(H,26,27)/p+1/t18-,23-/m0/s1. The van der Waals surface area contributed by atoms with E-state index in [9.17, 15) is 4.79 Å². The van der Waals surface area contributed by atoms with Gasteiger partial charge in [0.2, 0.25) is 0 Å². The number of para-hydroxylation sites is 2. The van der Waals surface area contributed by atoms with Crippen molar-refractivity contribution in [3.8, 4) is 5.75 Å². The number of benzene rings is 3. The van der Waals surface area contributed by atoms with Crippen LogP contribution >= 0.6 is 0 Å². The number of nitrogens with two attached hydrogens (primary N) is 1. The minimum atomic E-state index is -0.369. The molecule has 0 bridgehead atoms. The van der Waals surface area contributed by atoms with Gasteiger partial charge in [-0.2, -0.15) is 0 Å². The van der Waals surface area contributed by atoms with E-state index in [1.54, 1.807) is 0 Å². The molecule has 0 saturated heterocycles. The minimum absolute atomic E-state index is 0.0684. The fraction of sp³-hybridized carbons (Fsp3) is 0.208. The number of amides is 1. The van der Waals surface area contributed by atoms with Crippen molar-refractivity contribution < 1.29 is 14.8 Å². The maximum absolute atomic E-state index is 13.2. The monoisotopic (exact) mass is 375 g/mol. The normalized spacial score (nSPS) is 12.8. The molecule has 3 aromatic rings. The predicted octanol–water partition coefficient (Wildman–Crippen LogP) is 4.09. The van der Waals surface area contributed by atoms with Crippen molar-refractivity contribution in [3.63, 3.8) is 0 Å². The Bertz CT molecular complexity index is 881. The number of ether oxygens (including phenoxy) is 1. The summed E-state index contributed by atoms with van der Waals surface area (Å²) in [6.07, 6.45) is 0. The molecule has 3 N–H and O–H groups in total. The summed E-state index contributed by atoms with van der Waals surface area (Å²) in [7, 11) is 0. The molecule has 0 saturated carbocycles. The molecule has 3 rings (SSSR count). The molecule has 0 spiro atoms. The Morgan fingerprint density at radius 2 is 1.46 bits per heavy atom. The van der Waals surface area contributed by atoms with Gasteiger partial charge in [-0.1, -0.05) is 72.8 Å². The second-order valence-corrected chi connectivity index (χ2v) is 6.70. The van der Waals surface area contributed by atoms with Crippen LogP contribution < -0.4 is 15.4 Å². The first-order valence-electron chi connectivity index (χ1n) is 9.66. The second-order valence-electron chi connectivity index (χ2n) is 6.70. The molecule has 1 amide bonds. The third-order valence-electron chi connectivity index (χ3n) is 4.69. The van der Waals surface area contributed by atoms with Gasteiger partial charge in [0.05, 0.1) is 12.3 Å². The van der Waals surface area contributed by atoms with Crippen molar-refractivity contribution in [1.82, 2.24) is 0 Å². The van der Waals surface area contributed by atoms with E-state index in [4.69, 9.17) is 4.74 Å². The van der Waals surface area contributed by atoms with Crippen LogP contribution in [0.1, 0.15) is 37.1 Å². The molecule has 0 aromatic heterocycles. The number of hydrogen-bond donors (Lipinski definition) is 2. The lowest BCUT2D eigenvalue weighted by Crippen LogP contribution is -2.87. The molecule has 28 heavy (non-hydrogen) atoms. The summed E-state index contributed by atoms with van der Waals surface area (Å²) in [5, 5.41) is 5.16. The summed E-state index contributed by atoms with van der Waals surface area (Å²) in [5.74, 6) is 0.613. The smallest absolute Gasteiger partial charge is 0.287 e. The first-order valence-corrected chi connectivity index (χ1v) is 9.66. The van der Waals surface area contributed by atoms with E-state index in [1.165, 1.54) is 5.56 Å². The molecule has 4 heteroatoms. The molecule has 0 aliphatic rings. The topological polar surface area (TPSA) is 54.9 Å². The Kier molecular flexibility index (Phi) is 6.82. The van der Waals surface area contributed by atoms with Gasteiger partial charge in [0.15, 0.2) is 6.04 Å². The number of carbonyl (C=O) groups is 1. The summed E-state index contributed by atoms with van der Waals surface area (Å²) in [6.45, 7) is 4.60. The van der Waals surface area contributed by atoms with Crippen LogP contribution in [-0.4, -0.2) is 12.5 Å². The Morgan fingerprint density at radius 1 is 0.893 bits per heavy atom. The summed E-state index contributed by atoms with van der Waals surface area (Å²) in [4.78, 5) is 13.2. The number of nitrogens with one attached hydrogen (secondary N) is 1. The maximum atomic E-state index is 13.2. The van der Waals surface area contributed by atoms with Crippen molar-refractivity contribution in [2.24, 2.45) is 0 Å². The van der Waals surface area contributed by atoms with E-state index in [-0.39, 0.29) is 18.0 Å². The zero-order valence-corrected chi connectivity index (χ0v) is 16.3. The Balaban J connectivity index is 1.84. The summed E-state index contributed by atoms with van der Waals surface area (Å²) >= 11 is 0. The van der Waals surface area contributed by atoms with Crippen LogP contribution in [0, 0.1) is 0 Å². The predicted molar refractivity (Wildman–Crippen MR) is 112 cm³/mol. The van der Waals surface area contributed by atoms with Gasteiger partial charge in [0.25, 0.3) is 5.91 Å². The zero-order chi connectivity index (χ0) is 19.8. The quantitative estimate of drug-likeness (QED) is 0.623. The number of anilines is 1. The first kappa shape index (κ1) is 19.6. The third-order valence-corrected chi connectivity index (χ3v) is 4.69. The number of hydrogen-bond acceptors (Lipinski definition) is 2. The highest BCUT2D eigenvalue weighted by atomic mass is 16.5. The number of rotatable bonds is 8. The summed E-state index contributed by atoms with van der Waals surface area (Å²) in [6, 6.07) is 27.4. The van der Waals surface area contributed by atoms with Gasteiger partial charge >= 0.3 is 0 Å². The highest BCUT2D eigenvalue weighted by Gasteiger charge is 2.27. The van der Waals surface area contributed by atoms with Crippen LogP contribution in [0.2, 0.25) is 0 Å². The zero-order valence-electron chi connectivity index (χ0n) is 16.3. The molecule has 0 unspecified atom stereocenters. The molecular weight excluding hydrogens is 348 g/mol. The van der Waals surface area contributed by atoms with E-state index in [1.807, 2.05) is 79.7 Å². The lowest BCUT2D eigenvalue weighted by Gasteiger charge is -2.21. The highest BCUT2D eigenvalue weighted by Crippen LogP contribution is 2.25. The van der Waals surface area contributed by atoms with Crippen molar-refractivity contribution >= 4 is 11.6 Å². The second kappa shape index (κ2) is 9.72. The van der Waals surface area contributed by atoms with Gasteiger partial charge in [-0.3, -0.25) is 4.79 Å². The van der Waals surface area contributed by atoms with E-state index >= 15 is 0 Å². The molecule has 0 radical (unpaired) electrons. The van der Waals surface area contributed by atoms with Crippen LogP contribution in [0.15, 0.2) is 84.9 Å². The maximum Gasteiger partial charge on any atom is 0.287 e. The van der Waals surface area contributed by atoms with Gasteiger partial charge in [0, 0.05) is 11.1 Å². The first-order chi connectivity index (χ1) is 13.7. The number of carbonyl (C=O) groups excluding carboxylic acids is 1. The van der Waals surface area contributed by atoms with E-state index in [2.05, 4.69) is 29.7 Å². The molecule has 144 valence electrons. The molecule has 3 aromatic carbocycles. The lowest BCUT2D eigenvalue weighted by molar-refractivity contribution is -0.718. The Labute approximate surface area is 166 Å². The van der Waals surface area contributed by atoms with Crippen LogP contribution in [-0.2, 0) is 4.79 Å². The lowest BCUT2D eigenvalue weighted by atomic mass is 10.0. The van der Waals surface area contributed by atoms with Crippen molar-refractivity contribution in [3.05, 3.63) is 96.1 Å². The van der Waals surface area contributed by atoms with Crippen LogP contribution in [0.4, 0.5) is 5.69 Å². The molecule has 0 heterocycles. The van der Waals surface area contributed by atoms with Gasteiger partial charge < -0.3 is 15.4 Å².